The minimum Gasteiger partial charge on any atom is -0.383 e. The molecule has 1 spiro atoms. The average Bonchev–Trinajstić information content (AvgIpc) is 2.64. The summed E-state index contributed by atoms with van der Waals surface area (Å²) in [6.45, 7) is 2.15. The Kier molecular flexibility index (Phi) is 4.09. The van der Waals surface area contributed by atoms with Gasteiger partial charge in [-0.05, 0) is 31.2 Å². The first-order chi connectivity index (χ1) is 12.9. The van der Waals surface area contributed by atoms with Crippen LogP contribution in [-0.4, -0.2) is 41.6 Å². The standard InChI is InChI=1S/C20H20F2N4O/c1-12-5-7-13(8-6-12)19(27)26-10-9-20(16(22)11-26)24-15-4-2-3-14(21)17(15)18(23)25-20/h2-8,16,24H,9-11H2,1H3,(H2,23,25). The van der Waals surface area contributed by atoms with Gasteiger partial charge in [-0.2, -0.15) is 0 Å². The molecule has 3 N–H and O–H groups in total. The lowest BCUT2D eigenvalue weighted by Crippen LogP contribution is -2.59. The number of amides is 1. The molecular weight excluding hydrogens is 350 g/mol. The zero-order valence-electron chi connectivity index (χ0n) is 14.9. The highest BCUT2D eigenvalue weighted by molar-refractivity contribution is 6.04. The van der Waals surface area contributed by atoms with Gasteiger partial charge in [0.2, 0.25) is 0 Å². The fourth-order valence-electron chi connectivity index (χ4n) is 3.65. The van der Waals surface area contributed by atoms with E-state index in [-0.39, 0.29) is 30.3 Å². The van der Waals surface area contributed by atoms with Gasteiger partial charge in [0, 0.05) is 24.2 Å². The number of hydrogen-bond donors (Lipinski definition) is 2. The van der Waals surface area contributed by atoms with Crippen LogP contribution in [0.25, 0.3) is 0 Å². The summed E-state index contributed by atoms with van der Waals surface area (Å²) in [4.78, 5) is 18.4. The van der Waals surface area contributed by atoms with Crippen molar-refractivity contribution in [2.24, 2.45) is 10.7 Å². The molecule has 0 radical (unpaired) electrons. The third kappa shape index (κ3) is 2.93. The molecule has 5 nitrogen and oxygen atoms in total. The number of likely N-dealkylation sites (tertiary alicyclic amines) is 1. The zero-order valence-corrected chi connectivity index (χ0v) is 14.9. The minimum atomic E-state index is -1.48. The first-order valence-electron chi connectivity index (χ1n) is 8.82. The van der Waals surface area contributed by atoms with Crippen molar-refractivity contribution in [1.29, 1.82) is 0 Å². The molecule has 1 saturated heterocycles. The molecule has 2 aromatic carbocycles. The molecule has 2 heterocycles. The van der Waals surface area contributed by atoms with Gasteiger partial charge in [-0.3, -0.25) is 4.79 Å². The smallest absolute Gasteiger partial charge is 0.253 e. The molecule has 4 rings (SSSR count). The molecule has 2 unspecified atom stereocenters. The second-order valence-corrected chi connectivity index (χ2v) is 7.04. The largest absolute Gasteiger partial charge is 0.383 e. The van der Waals surface area contributed by atoms with Crippen LogP contribution in [0.15, 0.2) is 47.5 Å². The molecule has 140 valence electrons. The number of aliphatic imine (C=N–C) groups is 1. The fourth-order valence-corrected chi connectivity index (χ4v) is 3.65. The van der Waals surface area contributed by atoms with E-state index >= 15 is 4.39 Å². The third-order valence-electron chi connectivity index (χ3n) is 5.19. The predicted octanol–water partition coefficient (Wildman–Crippen LogP) is 2.85. The lowest BCUT2D eigenvalue weighted by molar-refractivity contribution is 0.0494. The molecule has 0 aromatic heterocycles. The summed E-state index contributed by atoms with van der Waals surface area (Å²) in [7, 11) is 0. The average molecular weight is 370 g/mol. The number of carbonyl (C=O) groups excluding carboxylic acids is 1. The minimum absolute atomic E-state index is 0.0252. The van der Waals surface area contributed by atoms with Crippen molar-refractivity contribution in [3.63, 3.8) is 0 Å². The summed E-state index contributed by atoms with van der Waals surface area (Å²) in [5, 5.41) is 3.02. The van der Waals surface area contributed by atoms with Crippen LogP contribution in [0, 0.1) is 12.7 Å². The molecule has 2 aliphatic heterocycles. The van der Waals surface area contributed by atoms with Gasteiger partial charge < -0.3 is 16.0 Å². The number of halogens is 2. The normalized spacial score (nSPS) is 24.2. The van der Waals surface area contributed by atoms with Gasteiger partial charge in [-0.1, -0.05) is 23.8 Å². The van der Waals surface area contributed by atoms with Gasteiger partial charge in [0.1, 0.15) is 11.7 Å². The van der Waals surface area contributed by atoms with E-state index in [1.54, 1.807) is 18.2 Å². The number of hydrogen-bond acceptors (Lipinski definition) is 4. The number of amidine groups is 1. The molecule has 0 saturated carbocycles. The number of nitrogens with zero attached hydrogens (tertiary/aromatic N) is 2. The monoisotopic (exact) mass is 370 g/mol. The molecular formula is C20H20F2N4O. The topological polar surface area (TPSA) is 70.7 Å². The molecule has 0 aliphatic carbocycles. The fraction of sp³-hybridized carbons (Fsp3) is 0.300. The van der Waals surface area contributed by atoms with Crippen LogP contribution in [0.5, 0.6) is 0 Å². The Morgan fingerprint density at radius 2 is 2.04 bits per heavy atom. The number of rotatable bonds is 1. The van der Waals surface area contributed by atoms with Crippen LogP contribution < -0.4 is 11.1 Å². The van der Waals surface area contributed by atoms with Gasteiger partial charge in [0.15, 0.2) is 11.8 Å². The number of fused-ring (bicyclic) bond motifs is 1. The molecule has 2 atom stereocenters. The van der Waals surface area contributed by atoms with Crippen LogP contribution in [0.4, 0.5) is 14.5 Å². The number of aryl methyl sites for hydroxylation is 1. The quantitative estimate of drug-likeness (QED) is 0.811. The van der Waals surface area contributed by atoms with Crippen molar-refractivity contribution >= 4 is 17.4 Å². The maximum Gasteiger partial charge on any atom is 0.253 e. The third-order valence-corrected chi connectivity index (χ3v) is 5.19. The molecule has 7 heteroatoms. The summed E-state index contributed by atoms with van der Waals surface area (Å²) >= 11 is 0. The highest BCUT2D eigenvalue weighted by Gasteiger charge is 2.47. The van der Waals surface area contributed by atoms with Crippen LogP contribution in [0.2, 0.25) is 0 Å². The van der Waals surface area contributed by atoms with E-state index in [0.29, 0.717) is 17.8 Å². The predicted molar refractivity (Wildman–Crippen MR) is 100 cm³/mol. The Balaban J connectivity index is 1.57. The van der Waals surface area contributed by atoms with Crippen molar-refractivity contribution in [1.82, 2.24) is 4.90 Å². The number of benzene rings is 2. The van der Waals surface area contributed by atoms with E-state index in [1.807, 2.05) is 19.1 Å². The van der Waals surface area contributed by atoms with Crippen LogP contribution in [0.3, 0.4) is 0 Å². The summed E-state index contributed by atoms with van der Waals surface area (Å²) in [5.41, 5.74) is 6.81. The maximum absolute atomic E-state index is 15.2. The highest BCUT2D eigenvalue weighted by Crippen LogP contribution is 2.36. The Hall–Kier alpha value is -2.96. The first kappa shape index (κ1) is 17.5. The number of carbonyl (C=O) groups is 1. The van der Waals surface area contributed by atoms with Gasteiger partial charge in [0.25, 0.3) is 5.91 Å². The number of nitrogens with one attached hydrogen (secondary N) is 1. The van der Waals surface area contributed by atoms with Crippen molar-refractivity contribution < 1.29 is 13.6 Å². The number of piperidine rings is 1. The Labute approximate surface area is 155 Å². The van der Waals surface area contributed by atoms with Crippen LogP contribution >= 0.6 is 0 Å². The van der Waals surface area contributed by atoms with Crippen molar-refractivity contribution in [2.75, 3.05) is 18.4 Å². The zero-order chi connectivity index (χ0) is 19.2. The maximum atomic E-state index is 15.2. The Morgan fingerprint density at radius 1 is 1.30 bits per heavy atom. The molecule has 2 aliphatic rings. The van der Waals surface area contributed by atoms with Gasteiger partial charge >= 0.3 is 0 Å². The van der Waals surface area contributed by atoms with Crippen LogP contribution in [-0.2, 0) is 0 Å². The van der Waals surface area contributed by atoms with E-state index in [4.69, 9.17) is 5.73 Å². The molecule has 1 amide bonds. The Morgan fingerprint density at radius 3 is 2.74 bits per heavy atom. The van der Waals surface area contributed by atoms with Gasteiger partial charge in [0.05, 0.1) is 12.1 Å². The van der Waals surface area contributed by atoms with Gasteiger partial charge in [-0.25, -0.2) is 13.8 Å². The summed E-state index contributed by atoms with van der Waals surface area (Å²) in [6.07, 6.45) is -1.24. The van der Waals surface area contributed by atoms with Crippen molar-refractivity contribution in [3.8, 4) is 0 Å². The van der Waals surface area contributed by atoms with E-state index in [1.165, 1.54) is 17.0 Å². The van der Waals surface area contributed by atoms with Gasteiger partial charge in [-0.15, -0.1) is 0 Å². The van der Waals surface area contributed by atoms with Crippen LogP contribution in [0.1, 0.15) is 27.9 Å². The second kappa shape index (κ2) is 6.33. The molecule has 1 fully saturated rings. The second-order valence-electron chi connectivity index (χ2n) is 7.04. The SMILES string of the molecule is Cc1ccc(C(=O)N2CCC3(N=C(N)c4c(F)cccc4N3)C(F)C2)cc1. The summed E-state index contributed by atoms with van der Waals surface area (Å²) < 4.78 is 29.2. The Bertz CT molecular complexity index is 928. The summed E-state index contributed by atoms with van der Waals surface area (Å²) in [5.74, 6) is -0.743. The van der Waals surface area contributed by atoms with E-state index in [9.17, 15) is 9.18 Å². The van der Waals surface area contributed by atoms with E-state index in [0.717, 1.165) is 5.56 Å². The number of anilines is 1. The number of nitrogens with two attached hydrogens (primary N) is 1. The van der Waals surface area contributed by atoms with E-state index < -0.39 is 17.7 Å². The lowest BCUT2D eigenvalue weighted by Gasteiger charge is -2.44. The first-order valence-corrected chi connectivity index (χ1v) is 8.82. The molecule has 27 heavy (non-hydrogen) atoms. The van der Waals surface area contributed by atoms with Crippen molar-refractivity contribution in [2.45, 2.75) is 25.2 Å². The lowest BCUT2D eigenvalue weighted by atomic mass is 9.91. The van der Waals surface area contributed by atoms with E-state index in [2.05, 4.69) is 10.3 Å². The number of alkyl halides is 1. The highest BCUT2D eigenvalue weighted by atomic mass is 19.1. The molecule has 0 bridgehead atoms. The van der Waals surface area contributed by atoms with Crippen molar-refractivity contribution in [3.05, 3.63) is 65.0 Å². The summed E-state index contributed by atoms with van der Waals surface area (Å²) in [6, 6.07) is 11.7. The molecule has 2 aromatic rings.